The van der Waals surface area contributed by atoms with E-state index in [2.05, 4.69) is 12.2 Å². The Bertz CT molecular complexity index is 685. The van der Waals surface area contributed by atoms with E-state index in [1.54, 1.807) is 24.3 Å². The van der Waals surface area contributed by atoms with Crippen molar-refractivity contribution in [3.8, 4) is 0 Å². The highest BCUT2D eigenvalue weighted by atomic mass is 16.2. The average molecular weight is 342 g/mol. The van der Waals surface area contributed by atoms with E-state index in [4.69, 9.17) is 0 Å². The molecule has 5 heteroatoms. The molecule has 3 rings (SSSR count). The molecular formula is C20H26N2O3. The van der Waals surface area contributed by atoms with Gasteiger partial charge in [-0.05, 0) is 51.2 Å². The zero-order valence-electron chi connectivity index (χ0n) is 15.0. The molecule has 1 saturated carbocycles. The lowest BCUT2D eigenvalue weighted by molar-refractivity contribution is -0.137. The van der Waals surface area contributed by atoms with Gasteiger partial charge in [0.2, 0.25) is 11.8 Å². The van der Waals surface area contributed by atoms with Gasteiger partial charge in [0.05, 0.1) is 11.8 Å². The fourth-order valence-corrected chi connectivity index (χ4v) is 3.74. The third-order valence-electron chi connectivity index (χ3n) is 5.36. The summed E-state index contributed by atoms with van der Waals surface area (Å²) in [6.45, 7) is 4.44. The summed E-state index contributed by atoms with van der Waals surface area (Å²) < 4.78 is 0. The van der Waals surface area contributed by atoms with Crippen molar-refractivity contribution >= 4 is 23.3 Å². The smallest absolute Gasteiger partial charge is 0.228 e. The first-order valence-electron chi connectivity index (χ1n) is 9.23. The molecule has 2 amide bonds. The number of likely N-dealkylation sites (tertiary alicyclic amines) is 1. The van der Waals surface area contributed by atoms with Crippen molar-refractivity contribution in [1.82, 2.24) is 4.90 Å². The summed E-state index contributed by atoms with van der Waals surface area (Å²) in [6.07, 6.45) is 4.92. The Kier molecular flexibility index (Phi) is 5.21. The molecule has 134 valence electrons. The predicted octanol–water partition coefficient (Wildman–Crippen LogP) is 3.25. The quantitative estimate of drug-likeness (QED) is 0.835. The summed E-state index contributed by atoms with van der Waals surface area (Å²) in [5.41, 5.74) is 1.18. The summed E-state index contributed by atoms with van der Waals surface area (Å²) in [6, 6.07) is 7.25. The van der Waals surface area contributed by atoms with E-state index < -0.39 is 0 Å². The number of hydrogen-bond donors (Lipinski definition) is 1. The number of carbonyl (C=O) groups excluding carboxylic acids is 3. The molecule has 0 bridgehead atoms. The van der Waals surface area contributed by atoms with E-state index in [-0.39, 0.29) is 29.4 Å². The van der Waals surface area contributed by atoms with Gasteiger partial charge in [-0.3, -0.25) is 14.4 Å². The number of carbonyl (C=O) groups is 3. The van der Waals surface area contributed by atoms with Gasteiger partial charge in [-0.25, -0.2) is 0 Å². The van der Waals surface area contributed by atoms with Crippen LogP contribution in [0, 0.1) is 11.8 Å². The van der Waals surface area contributed by atoms with Crippen LogP contribution in [0.4, 0.5) is 5.69 Å². The highest BCUT2D eigenvalue weighted by Crippen LogP contribution is 2.42. The zero-order valence-corrected chi connectivity index (χ0v) is 15.0. The van der Waals surface area contributed by atoms with Crippen LogP contribution in [0.25, 0.3) is 0 Å². The maximum absolute atomic E-state index is 12.7. The van der Waals surface area contributed by atoms with E-state index in [0.29, 0.717) is 23.7 Å². The number of nitrogens with one attached hydrogen (secondary N) is 1. The van der Waals surface area contributed by atoms with Crippen molar-refractivity contribution in [2.75, 3.05) is 11.9 Å². The van der Waals surface area contributed by atoms with Gasteiger partial charge in [-0.1, -0.05) is 19.1 Å². The van der Waals surface area contributed by atoms with Crippen molar-refractivity contribution in [3.05, 3.63) is 29.8 Å². The van der Waals surface area contributed by atoms with Crippen LogP contribution in [-0.4, -0.2) is 35.1 Å². The topological polar surface area (TPSA) is 66.5 Å². The van der Waals surface area contributed by atoms with Gasteiger partial charge in [0.15, 0.2) is 5.78 Å². The zero-order chi connectivity index (χ0) is 18.0. The third-order valence-corrected chi connectivity index (χ3v) is 5.36. The predicted molar refractivity (Wildman–Crippen MR) is 96.3 cm³/mol. The van der Waals surface area contributed by atoms with Crippen molar-refractivity contribution < 1.29 is 14.4 Å². The molecule has 3 atom stereocenters. The molecule has 2 fully saturated rings. The number of Topliss-reactive ketones (excluding diaryl/α,β-unsaturated/α-hetero) is 1. The van der Waals surface area contributed by atoms with Crippen LogP contribution in [0.3, 0.4) is 0 Å². The molecule has 25 heavy (non-hydrogen) atoms. The lowest BCUT2D eigenvalue weighted by Crippen LogP contribution is -2.44. The maximum Gasteiger partial charge on any atom is 0.228 e. The van der Waals surface area contributed by atoms with Gasteiger partial charge in [0.25, 0.3) is 0 Å². The van der Waals surface area contributed by atoms with Crippen LogP contribution in [0.2, 0.25) is 0 Å². The summed E-state index contributed by atoms with van der Waals surface area (Å²) in [4.78, 5) is 38.6. The molecule has 1 aromatic rings. The van der Waals surface area contributed by atoms with Gasteiger partial charge in [-0.2, -0.15) is 0 Å². The van der Waals surface area contributed by atoms with Gasteiger partial charge < -0.3 is 10.2 Å². The third kappa shape index (κ3) is 3.91. The SMILES string of the molecule is CCC1CCCCN1C(=O)C1CC1C(=O)Nc1cccc(C(C)=O)c1. The second kappa shape index (κ2) is 7.38. The summed E-state index contributed by atoms with van der Waals surface area (Å²) >= 11 is 0. The lowest BCUT2D eigenvalue weighted by Gasteiger charge is -2.35. The summed E-state index contributed by atoms with van der Waals surface area (Å²) in [5.74, 6) is -0.435. The molecule has 1 aromatic carbocycles. The van der Waals surface area contributed by atoms with Crippen LogP contribution >= 0.6 is 0 Å². The van der Waals surface area contributed by atoms with Crippen molar-refractivity contribution in [3.63, 3.8) is 0 Å². The van der Waals surface area contributed by atoms with Crippen LogP contribution < -0.4 is 5.32 Å². The Labute approximate surface area is 148 Å². The Balaban J connectivity index is 1.59. The Morgan fingerprint density at radius 3 is 2.72 bits per heavy atom. The molecular weight excluding hydrogens is 316 g/mol. The number of piperidine rings is 1. The minimum atomic E-state index is -0.243. The van der Waals surface area contributed by atoms with E-state index in [1.807, 2.05) is 4.90 Å². The number of hydrogen-bond acceptors (Lipinski definition) is 3. The normalized spacial score (nSPS) is 25.4. The first-order valence-corrected chi connectivity index (χ1v) is 9.23. The molecule has 0 radical (unpaired) electrons. The molecule has 0 spiro atoms. The number of benzene rings is 1. The van der Waals surface area contributed by atoms with Crippen molar-refractivity contribution in [1.29, 1.82) is 0 Å². The van der Waals surface area contributed by atoms with Gasteiger partial charge >= 0.3 is 0 Å². The van der Waals surface area contributed by atoms with E-state index in [0.717, 1.165) is 25.8 Å². The average Bonchev–Trinajstić information content (AvgIpc) is 3.42. The first-order chi connectivity index (χ1) is 12.0. The molecule has 2 aliphatic rings. The number of anilines is 1. The lowest BCUT2D eigenvalue weighted by atomic mass is 9.99. The molecule has 1 N–H and O–H groups in total. The number of amides is 2. The standard InChI is InChI=1S/C20H26N2O3/c1-3-16-9-4-5-10-22(16)20(25)18-12-17(18)19(24)21-15-8-6-7-14(11-15)13(2)23/h6-8,11,16-18H,3-5,9-10,12H2,1-2H3,(H,21,24). The summed E-state index contributed by atoms with van der Waals surface area (Å²) in [5, 5.41) is 2.85. The van der Waals surface area contributed by atoms with Gasteiger partial charge in [0.1, 0.15) is 0 Å². The second-order valence-electron chi connectivity index (χ2n) is 7.16. The van der Waals surface area contributed by atoms with Crippen molar-refractivity contribution in [2.45, 2.75) is 52.0 Å². The highest BCUT2D eigenvalue weighted by Gasteiger charge is 2.50. The number of rotatable bonds is 5. The molecule has 5 nitrogen and oxygen atoms in total. The summed E-state index contributed by atoms with van der Waals surface area (Å²) in [7, 11) is 0. The fraction of sp³-hybridized carbons (Fsp3) is 0.550. The monoisotopic (exact) mass is 342 g/mol. The van der Waals surface area contributed by atoms with Crippen molar-refractivity contribution in [2.24, 2.45) is 11.8 Å². The Hall–Kier alpha value is -2.17. The fourth-order valence-electron chi connectivity index (χ4n) is 3.74. The van der Waals surface area contributed by atoms with Gasteiger partial charge in [-0.15, -0.1) is 0 Å². The molecule has 1 saturated heterocycles. The van der Waals surface area contributed by atoms with Crippen LogP contribution in [-0.2, 0) is 9.59 Å². The largest absolute Gasteiger partial charge is 0.339 e. The molecule has 3 unspecified atom stereocenters. The maximum atomic E-state index is 12.7. The van der Waals surface area contributed by atoms with Gasteiger partial charge in [0, 0.05) is 23.8 Å². The minimum absolute atomic E-state index is 0.0359. The molecule has 1 aliphatic carbocycles. The second-order valence-corrected chi connectivity index (χ2v) is 7.16. The van der Waals surface area contributed by atoms with Crippen LogP contribution in [0.5, 0.6) is 0 Å². The highest BCUT2D eigenvalue weighted by molar-refractivity contribution is 6.01. The first kappa shape index (κ1) is 17.6. The number of ketones is 1. The molecule has 1 heterocycles. The molecule has 1 aliphatic heterocycles. The number of nitrogens with zero attached hydrogens (tertiary/aromatic N) is 1. The van der Waals surface area contributed by atoms with Crippen LogP contribution in [0.15, 0.2) is 24.3 Å². The molecule has 0 aromatic heterocycles. The minimum Gasteiger partial charge on any atom is -0.339 e. The van der Waals surface area contributed by atoms with E-state index >= 15 is 0 Å². The van der Waals surface area contributed by atoms with Crippen LogP contribution in [0.1, 0.15) is 56.3 Å². The Morgan fingerprint density at radius 1 is 1.20 bits per heavy atom. The Morgan fingerprint density at radius 2 is 2.00 bits per heavy atom. The van der Waals surface area contributed by atoms with E-state index in [1.165, 1.54) is 13.3 Å². The van der Waals surface area contributed by atoms with E-state index in [9.17, 15) is 14.4 Å².